The SMILES string of the molecule is CNC(C#N)COc1ccc(C)cc1. The van der Waals surface area contributed by atoms with Crippen molar-refractivity contribution in [1.82, 2.24) is 5.32 Å². The maximum atomic E-state index is 8.66. The third-order valence-electron chi connectivity index (χ3n) is 1.94. The summed E-state index contributed by atoms with van der Waals surface area (Å²) in [5.74, 6) is 0.797. The van der Waals surface area contributed by atoms with E-state index < -0.39 is 0 Å². The summed E-state index contributed by atoms with van der Waals surface area (Å²) in [7, 11) is 1.74. The zero-order valence-corrected chi connectivity index (χ0v) is 8.45. The normalized spacial score (nSPS) is 11.8. The number of benzene rings is 1. The summed E-state index contributed by atoms with van der Waals surface area (Å²) in [4.78, 5) is 0. The predicted molar refractivity (Wildman–Crippen MR) is 55.1 cm³/mol. The van der Waals surface area contributed by atoms with Crippen LogP contribution >= 0.6 is 0 Å². The van der Waals surface area contributed by atoms with Crippen LogP contribution in [-0.2, 0) is 0 Å². The van der Waals surface area contributed by atoms with Crippen molar-refractivity contribution in [3.05, 3.63) is 29.8 Å². The topological polar surface area (TPSA) is 45.0 Å². The van der Waals surface area contributed by atoms with Gasteiger partial charge in [-0.15, -0.1) is 0 Å². The predicted octanol–water partition coefficient (Wildman–Crippen LogP) is 1.49. The highest BCUT2D eigenvalue weighted by Crippen LogP contribution is 2.11. The van der Waals surface area contributed by atoms with Crippen molar-refractivity contribution in [1.29, 1.82) is 5.26 Å². The lowest BCUT2D eigenvalue weighted by atomic mass is 10.2. The number of aryl methyl sites for hydroxylation is 1. The van der Waals surface area contributed by atoms with Crippen molar-refractivity contribution in [2.75, 3.05) is 13.7 Å². The molecule has 1 aromatic carbocycles. The maximum absolute atomic E-state index is 8.66. The molecule has 0 aliphatic heterocycles. The van der Waals surface area contributed by atoms with E-state index in [0.29, 0.717) is 6.61 Å². The first-order valence-electron chi connectivity index (χ1n) is 4.52. The molecule has 0 fully saturated rings. The molecule has 0 radical (unpaired) electrons. The van der Waals surface area contributed by atoms with Gasteiger partial charge < -0.3 is 10.1 Å². The maximum Gasteiger partial charge on any atom is 0.129 e. The Morgan fingerprint density at radius 2 is 2.07 bits per heavy atom. The van der Waals surface area contributed by atoms with E-state index in [1.807, 2.05) is 31.2 Å². The van der Waals surface area contributed by atoms with E-state index in [2.05, 4.69) is 11.4 Å². The first kappa shape index (κ1) is 10.6. The molecule has 0 aromatic heterocycles. The van der Waals surface area contributed by atoms with E-state index in [1.54, 1.807) is 7.05 Å². The van der Waals surface area contributed by atoms with Crippen LogP contribution in [0.4, 0.5) is 0 Å². The lowest BCUT2D eigenvalue weighted by Gasteiger charge is -2.09. The van der Waals surface area contributed by atoms with E-state index in [4.69, 9.17) is 10.00 Å². The molecule has 14 heavy (non-hydrogen) atoms. The minimum Gasteiger partial charge on any atom is -0.491 e. The summed E-state index contributed by atoms with van der Waals surface area (Å²) in [6.07, 6.45) is 0. The van der Waals surface area contributed by atoms with Gasteiger partial charge in [0.05, 0.1) is 6.07 Å². The van der Waals surface area contributed by atoms with Crippen LogP contribution in [0.25, 0.3) is 0 Å². The molecule has 0 saturated heterocycles. The molecule has 0 spiro atoms. The number of hydrogen-bond acceptors (Lipinski definition) is 3. The van der Waals surface area contributed by atoms with Crippen molar-refractivity contribution in [2.24, 2.45) is 0 Å². The molecule has 0 heterocycles. The molecule has 3 heteroatoms. The van der Waals surface area contributed by atoms with Gasteiger partial charge in [-0.1, -0.05) is 17.7 Å². The third kappa shape index (κ3) is 3.08. The van der Waals surface area contributed by atoms with Gasteiger partial charge in [0, 0.05) is 0 Å². The minimum atomic E-state index is -0.253. The van der Waals surface area contributed by atoms with Gasteiger partial charge in [-0.2, -0.15) is 5.26 Å². The highest BCUT2D eigenvalue weighted by Gasteiger charge is 2.03. The lowest BCUT2D eigenvalue weighted by molar-refractivity contribution is 0.295. The smallest absolute Gasteiger partial charge is 0.129 e. The average Bonchev–Trinajstić information content (AvgIpc) is 2.22. The highest BCUT2D eigenvalue weighted by molar-refractivity contribution is 5.26. The van der Waals surface area contributed by atoms with E-state index in [1.165, 1.54) is 5.56 Å². The van der Waals surface area contributed by atoms with Gasteiger partial charge >= 0.3 is 0 Å². The summed E-state index contributed by atoms with van der Waals surface area (Å²) in [5, 5.41) is 11.5. The van der Waals surface area contributed by atoms with Crippen molar-refractivity contribution in [2.45, 2.75) is 13.0 Å². The second kappa shape index (κ2) is 5.25. The Morgan fingerprint density at radius 3 is 2.57 bits per heavy atom. The molecule has 0 amide bonds. The Hall–Kier alpha value is -1.53. The fourth-order valence-corrected chi connectivity index (χ4v) is 0.999. The molecule has 0 bridgehead atoms. The molecular weight excluding hydrogens is 176 g/mol. The molecule has 0 saturated carbocycles. The summed E-state index contributed by atoms with van der Waals surface area (Å²) >= 11 is 0. The number of hydrogen-bond donors (Lipinski definition) is 1. The average molecular weight is 190 g/mol. The molecule has 1 unspecified atom stereocenters. The molecule has 1 aromatic rings. The fourth-order valence-electron chi connectivity index (χ4n) is 0.999. The first-order chi connectivity index (χ1) is 6.76. The number of likely N-dealkylation sites (N-methyl/N-ethyl adjacent to an activating group) is 1. The van der Waals surface area contributed by atoms with Gasteiger partial charge in [-0.3, -0.25) is 0 Å². The third-order valence-corrected chi connectivity index (χ3v) is 1.94. The van der Waals surface area contributed by atoms with Crippen molar-refractivity contribution in [3.8, 4) is 11.8 Å². The van der Waals surface area contributed by atoms with Crippen LogP contribution in [0, 0.1) is 18.3 Å². The van der Waals surface area contributed by atoms with Crippen LogP contribution in [0.3, 0.4) is 0 Å². The van der Waals surface area contributed by atoms with Gasteiger partial charge in [0.2, 0.25) is 0 Å². The minimum absolute atomic E-state index is 0.253. The van der Waals surface area contributed by atoms with Gasteiger partial charge in [-0.25, -0.2) is 0 Å². The monoisotopic (exact) mass is 190 g/mol. The molecule has 0 aliphatic carbocycles. The zero-order valence-electron chi connectivity index (χ0n) is 8.45. The Balaban J connectivity index is 2.46. The zero-order chi connectivity index (χ0) is 10.4. The fraction of sp³-hybridized carbons (Fsp3) is 0.364. The molecule has 0 aliphatic rings. The number of ether oxygens (including phenoxy) is 1. The molecule has 3 nitrogen and oxygen atoms in total. The summed E-state index contributed by atoms with van der Waals surface area (Å²) in [6.45, 7) is 2.39. The highest BCUT2D eigenvalue weighted by atomic mass is 16.5. The van der Waals surface area contributed by atoms with Gasteiger partial charge in [0.25, 0.3) is 0 Å². The van der Waals surface area contributed by atoms with E-state index in [-0.39, 0.29) is 6.04 Å². The van der Waals surface area contributed by atoms with E-state index in [9.17, 15) is 0 Å². The largest absolute Gasteiger partial charge is 0.491 e. The molecule has 74 valence electrons. The summed E-state index contributed by atoms with van der Waals surface area (Å²) < 4.78 is 5.42. The second-order valence-corrected chi connectivity index (χ2v) is 3.09. The summed E-state index contributed by atoms with van der Waals surface area (Å²) in [5.41, 5.74) is 1.20. The number of nitriles is 1. The Morgan fingerprint density at radius 1 is 1.43 bits per heavy atom. The Bertz CT molecular complexity index is 313. The van der Waals surface area contributed by atoms with Crippen LogP contribution in [0.15, 0.2) is 24.3 Å². The molecule has 1 rings (SSSR count). The number of rotatable bonds is 4. The van der Waals surface area contributed by atoms with Crippen LogP contribution in [0.5, 0.6) is 5.75 Å². The Kier molecular flexibility index (Phi) is 3.96. The lowest BCUT2D eigenvalue weighted by Crippen LogP contribution is -2.29. The molecular formula is C11H14N2O. The van der Waals surface area contributed by atoms with E-state index >= 15 is 0 Å². The summed E-state index contributed by atoms with van der Waals surface area (Å²) in [6, 6.07) is 9.61. The Labute approximate surface area is 84.3 Å². The first-order valence-corrected chi connectivity index (χ1v) is 4.52. The van der Waals surface area contributed by atoms with Gasteiger partial charge in [-0.05, 0) is 26.1 Å². The quantitative estimate of drug-likeness (QED) is 0.782. The molecule has 1 atom stereocenters. The van der Waals surface area contributed by atoms with Gasteiger partial charge in [0.15, 0.2) is 0 Å². The van der Waals surface area contributed by atoms with Crippen LogP contribution in [-0.4, -0.2) is 19.7 Å². The molecule has 1 N–H and O–H groups in total. The van der Waals surface area contributed by atoms with Crippen LogP contribution in [0.2, 0.25) is 0 Å². The van der Waals surface area contributed by atoms with E-state index in [0.717, 1.165) is 5.75 Å². The van der Waals surface area contributed by atoms with Crippen molar-refractivity contribution < 1.29 is 4.74 Å². The number of nitrogens with one attached hydrogen (secondary N) is 1. The van der Waals surface area contributed by atoms with Crippen LogP contribution < -0.4 is 10.1 Å². The standard InChI is InChI=1S/C11H14N2O/c1-9-3-5-11(6-4-9)14-8-10(7-12)13-2/h3-6,10,13H,8H2,1-2H3. The van der Waals surface area contributed by atoms with Gasteiger partial charge in [0.1, 0.15) is 18.4 Å². The van der Waals surface area contributed by atoms with Crippen molar-refractivity contribution in [3.63, 3.8) is 0 Å². The van der Waals surface area contributed by atoms with Crippen molar-refractivity contribution >= 4 is 0 Å². The second-order valence-electron chi connectivity index (χ2n) is 3.09. The number of nitrogens with zero attached hydrogens (tertiary/aromatic N) is 1. The van der Waals surface area contributed by atoms with Crippen LogP contribution in [0.1, 0.15) is 5.56 Å².